The van der Waals surface area contributed by atoms with Gasteiger partial charge in [-0.25, -0.2) is 0 Å². The van der Waals surface area contributed by atoms with Crippen molar-refractivity contribution >= 4 is 0 Å². The third kappa shape index (κ3) is 1.57. The fourth-order valence-corrected chi connectivity index (χ4v) is 2.08. The van der Waals surface area contributed by atoms with Gasteiger partial charge in [-0.1, -0.05) is 0 Å². The van der Waals surface area contributed by atoms with Crippen LogP contribution in [0.15, 0.2) is 16.5 Å². The van der Waals surface area contributed by atoms with Crippen LogP contribution >= 0.6 is 0 Å². The monoisotopic (exact) mass is 195 g/mol. The van der Waals surface area contributed by atoms with Gasteiger partial charge in [-0.3, -0.25) is 0 Å². The molecular formula is C11H17NO2. The second-order valence-electron chi connectivity index (χ2n) is 4.03. The van der Waals surface area contributed by atoms with Gasteiger partial charge in [0, 0.05) is 0 Å². The molecule has 3 nitrogen and oxygen atoms in total. The fraction of sp³-hybridized carbons (Fsp3) is 0.636. The van der Waals surface area contributed by atoms with Crippen LogP contribution in [0.2, 0.25) is 0 Å². The number of aryl methyl sites for hydroxylation is 1. The average molecular weight is 195 g/mol. The summed E-state index contributed by atoms with van der Waals surface area (Å²) in [5, 5.41) is 12.8. The van der Waals surface area contributed by atoms with Crippen molar-refractivity contribution in [3.8, 4) is 0 Å². The molecule has 1 saturated heterocycles. The first kappa shape index (κ1) is 9.74. The van der Waals surface area contributed by atoms with E-state index in [0.29, 0.717) is 0 Å². The Morgan fingerprint density at radius 1 is 1.50 bits per heavy atom. The maximum absolute atomic E-state index is 9.48. The van der Waals surface area contributed by atoms with Crippen LogP contribution in [0.1, 0.15) is 30.8 Å². The summed E-state index contributed by atoms with van der Waals surface area (Å²) < 4.78 is 5.59. The van der Waals surface area contributed by atoms with Gasteiger partial charge >= 0.3 is 0 Å². The molecular weight excluding hydrogens is 178 g/mol. The summed E-state index contributed by atoms with van der Waals surface area (Å²) in [5.74, 6) is 1.78. The van der Waals surface area contributed by atoms with Gasteiger partial charge in [-0.05, 0) is 44.9 Å². The summed E-state index contributed by atoms with van der Waals surface area (Å²) in [5.41, 5.74) is -0.327. The molecule has 1 aliphatic heterocycles. The Morgan fingerprint density at radius 3 is 2.86 bits per heavy atom. The van der Waals surface area contributed by atoms with E-state index < -0.39 is 0 Å². The standard InChI is InChI=1S/C11H17NO2/c1-9-4-5-10(14-9)11(8-13)6-2-3-7-12-11/h4-5,12-13H,2-3,6-8H2,1H3. The predicted molar refractivity (Wildman–Crippen MR) is 54.1 cm³/mol. The number of furan rings is 1. The Kier molecular flexibility index (Phi) is 2.61. The minimum atomic E-state index is -0.327. The quantitative estimate of drug-likeness (QED) is 0.752. The van der Waals surface area contributed by atoms with Gasteiger partial charge in [-0.15, -0.1) is 0 Å². The highest BCUT2D eigenvalue weighted by molar-refractivity contribution is 5.17. The van der Waals surface area contributed by atoms with Gasteiger partial charge in [0.05, 0.1) is 6.61 Å². The van der Waals surface area contributed by atoms with E-state index in [2.05, 4.69) is 5.32 Å². The molecule has 0 aromatic carbocycles. The second kappa shape index (κ2) is 3.75. The number of aliphatic hydroxyl groups excluding tert-OH is 1. The predicted octanol–water partition coefficient (Wildman–Crippen LogP) is 1.55. The molecule has 0 bridgehead atoms. The Bertz CT molecular complexity index is 300. The second-order valence-corrected chi connectivity index (χ2v) is 4.03. The van der Waals surface area contributed by atoms with Crippen LogP contribution in [0.5, 0.6) is 0 Å². The number of aliphatic hydroxyl groups is 1. The van der Waals surface area contributed by atoms with E-state index in [-0.39, 0.29) is 12.1 Å². The van der Waals surface area contributed by atoms with Gasteiger partial charge in [-0.2, -0.15) is 0 Å². The molecule has 1 aromatic heterocycles. The van der Waals surface area contributed by atoms with Gasteiger partial charge in [0.15, 0.2) is 0 Å². The Hall–Kier alpha value is -0.800. The topological polar surface area (TPSA) is 45.4 Å². The molecule has 1 atom stereocenters. The van der Waals surface area contributed by atoms with Crippen molar-refractivity contribution in [1.82, 2.24) is 5.32 Å². The molecule has 2 heterocycles. The van der Waals surface area contributed by atoms with Crippen molar-refractivity contribution < 1.29 is 9.52 Å². The number of piperidine rings is 1. The Morgan fingerprint density at radius 2 is 2.36 bits per heavy atom. The van der Waals surface area contributed by atoms with Crippen molar-refractivity contribution in [1.29, 1.82) is 0 Å². The van der Waals surface area contributed by atoms with Crippen molar-refractivity contribution in [2.75, 3.05) is 13.2 Å². The number of nitrogens with one attached hydrogen (secondary N) is 1. The largest absolute Gasteiger partial charge is 0.464 e. The highest BCUT2D eigenvalue weighted by atomic mass is 16.3. The van der Waals surface area contributed by atoms with Crippen LogP contribution in [0.3, 0.4) is 0 Å². The molecule has 78 valence electrons. The van der Waals surface area contributed by atoms with E-state index in [0.717, 1.165) is 30.9 Å². The molecule has 2 N–H and O–H groups in total. The highest BCUT2D eigenvalue weighted by Crippen LogP contribution is 2.30. The van der Waals surface area contributed by atoms with E-state index in [9.17, 15) is 5.11 Å². The molecule has 0 spiro atoms. The summed E-state index contributed by atoms with van der Waals surface area (Å²) >= 11 is 0. The molecule has 3 heteroatoms. The fourth-order valence-electron chi connectivity index (χ4n) is 2.08. The van der Waals surface area contributed by atoms with Gasteiger partial charge in [0.25, 0.3) is 0 Å². The molecule has 14 heavy (non-hydrogen) atoms. The van der Waals surface area contributed by atoms with Crippen molar-refractivity contribution in [3.05, 3.63) is 23.7 Å². The van der Waals surface area contributed by atoms with Crippen LogP contribution in [0.4, 0.5) is 0 Å². The molecule has 2 rings (SSSR count). The molecule has 0 saturated carbocycles. The number of rotatable bonds is 2. The van der Waals surface area contributed by atoms with Crippen LogP contribution in [-0.2, 0) is 5.54 Å². The molecule has 1 aliphatic rings. The Balaban J connectivity index is 2.26. The maximum Gasteiger partial charge on any atom is 0.126 e. The summed E-state index contributed by atoms with van der Waals surface area (Å²) in [4.78, 5) is 0. The lowest BCUT2D eigenvalue weighted by Crippen LogP contribution is -2.48. The van der Waals surface area contributed by atoms with Gasteiger partial charge < -0.3 is 14.8 Å². The van der Waals surface area contributed by atoms with Crippen LogP contribution in [-0.4, -0.2) is 18.3 Å². The van der Waals surface area contributed by atoms with E-state index in [4.69, 9.17) is 4.42 Å². The minimum absolute atomic E-state index is 0.111. The van der Waals surface area contributed by atoms with Gasteiger partial charge in [0.1, 0.15) is 17.1 Å². The summed E-state index contributed by atoms with van der Waals surface area (Å²) in [7, 11) is 0. The maximum atomic E-state index is 9.48. The highest BCUT2D eigenvalue weighted by Gasteiger charge is 2.35. The van der Waals surface area contributed by atoms with E-state index in [1.165, 1.54) is 6.42 Å². The van der Waals surface area contributed by atoms with E-state index >= 15 is 0 Å². The van der Waals surface area contributed by atoms with Gasteiger partial charge in [0.2, 0.25) is 0 Å². The van der Waals surface area contributed by atoms with E-state index in [1.807, 2.05) is 19.1 Å². The number of hydrogen-bond acceptors (Lipinski definition) is 3. The van der Waals surface area contributed by atoms with Crippen LogP contribution in [0.25, 0.3) is 0 Å². The normalized spacial score (nSPS) is 27.9. The first-order chi connectivity index (χ1) is 6.77. The lowest BCUT2D eigenvalue weighted by Gasteiger charge is -2.34. The zero-order chi connectivity index (χ0) is 10.0. The first-order valence-corrected chi connectivity index (χ1v) is 5.20. The van der Waals surface area contributed by atoms with Crippen molar-refractivity contribution in [2.24, 2.45) is 0 Å². The summed E-state index contributed by atoms with van der Waals surface area (Å²) in [6, 6.07) is 3.91. The molecule has 0 aliphatic carbocycles. The smallest absolute Gasteiger partial charge is 0.126 e. The molecule has 1 unspecified atom stereocenters. The SMILES string of the molecule is Cc1ccc(C2(CO)CCCCN2)o1. The molecule has 0 radical (unpaired) electrons. The average Bonchev–Trinajstić information content (AvgIpc) is 2.66. The zero-order valence-corrected chi connectivity index (χ0v) is 8.55. The van der Waals surface area contributed by atoms with Crippen molar-refractivity contribution in [2.45, 2.75) is 31.7 Å². The third-order valence-electron chi connectivity index (χ3n) is 2.98. The van der Waals surface area contributed by atoms with Crippen LogP contribution in [0, 0.1) is 6.92 Å². The summed E-state index contributed by atoms with van der Waals surface area (Å²) in [6.07, 6.45) is 3.28. The number of hydrogen-bond donors (Lipinski definition) is 2. The van der Waals surface area contributed by atoms with Crippen molar-refractivity contribution in [3.63, 3.8) is 0 Å². The minimum Gasteiger partial charge on any atom is -0.464 e. The molecule has 0 amide bonds. The third-order valence-corrected chi connectivity index (χ3v) is 2.98. The first-order valence-electron chi connectivity index (χ1n) is 5.20. The lowest BCUT2D eigenvalue weighted by molar-refractivity contribution is 0.109. The van der Waals surface area contributed by atoms with E-state index in [1.54, 1.807) is 0 Å². The van der Waals surface area contributed by atoms with Crippen LogP contribution < -0.4 is 5.32 Å². The zero-order valence-electron chi connectivity index (χ0n) is 8.55. The Labute approximate surface area is 84.1 Å². The molecule has 1 aromatic rings. The molecule has 1 fully saturated rings. The lowest BCUT2D eigenvalue weighted by atomic mass is 9.87. The summed E-state index contributed by atoms with van der Waals surface area (Å²) in [6.45, 7) is 3.00.